The summed E-state index contributed by atoms with van der Waals surface area (Å²) in [6.07, 6.45) is 5.15. The Bertz CT molecular complexity index is 513. The average molecular weight is 248 g/mol. The van der Waals surface area contributed by atoms with Gasteiger partial charge < -0.3 is 4.57 Å². The Labute approximate surface area is 105 Å². The van der Waals surface area contributed by atoms with E-state index in [4.69, 9.17) is 0 Å². The highest BCUT2D eigenvalue weighted by Gasteiger charge is 2.12. The second-order valence-corrected chi connectivity index (χ2v) is 5.34. The molecule has 0 bridgehead atoms. The largest absolute Gasteiger partial charge is 0.335 e. The smallest absolute Gasteiger partial charge is 0.180 e. The van der Waals surface area contributed by atoms with Gasteiger partial charge in [-0.1, -0.05) is 6.92 Å². The van der Waals surface area contributed by atoms with Crippen molar-refractivity contribution in [1.82, 2.24) is 9.55 Å². The van der Waals surface area contributed by atoms with Gasteiger partial charge in [-0.25, -0.2) is 4.98 Å². The normalized spacial score (nSPS) is 10.7. The quantitative estimate of drug-likeness (QED) is 0.762. The molecule has 2 aromatic rings. The molecule has 0 fully saturated rings. The minimum Gasteiger partial charge on any atom is -0.335 e. The van der Waals surface area contributed by atoms with Crippen LogP contribution in [0.4, 0.5) is 0 Å². The van der Waals surface area contributed by atoms with Crippen LogP contribution in [0.3, 0.4) is 0 Å². The highest BCUT2D eigenvalue weighted by molar-refractivity contribution is 7.14. The first-order valence-electron chi connectivity index (χ1n) is 5.80. The highest BCUT2D eigenvalue weighted by Crippen LogP contribution is 2.17. The first-order valence-corrected chi connectivity index (χ1v) is 6.62. The summed E-state index contributed by atoms with van der Waals surface area (Å²) in [5.41, 5.74) is 0. The van der Waals surface area contributed by atoms with Gasteiger partial charge in [0, 0.05) is 23.8 Å². The number of hydrogen-bond donors (Lipinski definition) is 0. The summed E-state index contributed by atoms with van der Waals surface area (Å²) in [7, 11) is 0. The summed E-state index contributed by atoms with van der Waals surface area (Å²) in [5.74, 6) is 1.02. The molecule has 0 N–H and O–H groups in total. The van der Waals surface area contributed by atoms with Crippen molar-refractivity contribution in [2.45, 2.75) is 33.2 Å². The van der Waals surface area contributed by atoms with E-state index in [0.717, 1.165) is 23.7 Å². The number of carbonyl (C=O) groups excluding carboxylic acids is 1. The Morgan fingerprint density at radius 2 is 2.29 bits per heavy atom. The molecule has 0 spiro atoms. The lowest BCUT2D eigenvalue weighted by atomic mass is 10.2. The van der Waals surface area contributed by atoms with Crippen LogP contribution in [0.2, 0.25) is 0 Å². The number of hydrogen-bond acceptors (Lipinski definition) is 3. The van der Waals surface area contributed by atoms with Gasteiger partial charge in [-0.05, 0) is 25.5 Å². The fourth-order valence-corrected chi connectivity index (χ4v) is 2.57. The number of aryl methyl sites for hydroxylation is 2. The van der Waals surface area contributed by atoms with Gasteiger partial charge in [-0.2, -0.15) is 0 Å². The molecule has 90 valence electrons. The molecule has 17 heavy (non-hydrogen) atoms. The maximum absolute atomic E-state index is 12.0. The van der Waals surface area contributed by atoms with E-state index < -0.39 is 0 Å². The van der Waals surface area contributed by atoms with Crippen LogP contribution in [0, 0.1) is 6.92 Å². The van der Waals surface area contributed by atoms with Gasteiger partial charge in [-0.15, -0.1) is 11.3 Å². The lowest BCUT2D eigenvalue weighted by molar-refractivity contribution is 0.0993. The molecule has 0 saturated heterocycles. The van der Waals surface area contributed by atoms with Crippen LogP contribution in [-0.4, -0.2) is 15.3 Å². The topological polar surface area (TPSA) is 34.9 Å². The molecular formula is C13H16N2OS. The Morgan fingerprint density at radius 1 is 1.47 bits per heavy atom. The third-order valence-electron chi connectivity index (χ3n) is 2.60. The van der Waals surface area contributed by atoms with Crippen LogP contribution in [0.5, 0.6) is 0 Å². The van der Waals surface area contributed by atoms with Crippen LogP contribution in [-0.2, 0) is 13.0 Å². The van der Waals surface area contributed by atoms with Gasteiger partial charge in [0.2, 0.25) is 0 Å². The molecule has 0 aliphatic carbocycles. The Morgan fingerprint density at radius 3 is 2.94 bits per heavy atom. The summed E-state index contributed by atoms with van der Waals surface area (Å²) < 4.78 is 2.05. The van der Waals surface area contributed by atoms with Crippen molar-refractivity contribution in [3.63, 3.8) is 0 Å². The number of nitrogens with zero attached hydrogens (tertiary/aromatic N) is 2. The van der Waals surface area contributed by atoms with Crippen LogP contribution < -0.4 is 0 Å². The first-order chi connectivity index (χ1) is 8.20. The molecule has 0 unspecified atom stereocenters. The molecule has 0 saturated carbocycles. The monoisotopic (exact) mass is 248 g/mol. The van der Waals surface area contributed by atoms with E-state index in [-0.39, 0.29) is 5.78 Å². The zero-order chi connectivity index (χ0) is 12.3. The minimum atomic E-state index is 0.159. The molecule has 4 heteroatoms. The zero-order valence-corrected chi connectivity index (χ0v) is 11.0. The van der Waals surface area contributed by atoms with Crippen molar-refractivity contribution in [3.8, 4) is 0 Å². The van der Waals surface area contributed by atoms with Crippen LogP contribution in [0.1, 0.15) is 33.7 Å². The Balaban J connectivity index is 2.10. The molecule has 0 aromatic carbocycles. The van der Waals surface area contributed by atoms with E-state index in [9.17, 15) is 4.79 Å². The predicted molar refractivity (Wildman–Crippen MR) is 69.6 cm³/mol. The lowest BCUT2D eigenvalue weighted by Crippen LogP contribution is -2.09. The van der Waals surface area contributed by atoms with E-state index in [1.165, 1.54) is 4.88 Å². The lowest BCUT2D eigenvalue weighted by Gasteiger charge is -2.04. The van der Waals surface area contributed by atoms with Crippen molar-refractivity contribution in [1.29, 1.82) is 0 Å². The van der Waals surface area contributed by atoms with Gasteiger partial charge in [0.05, 0.1) is 11.3 Å². The van der Waals surface area contributed by atoms with Crippen molar-refractivity contribution >= 4 is 17.1 Å². The van der Waals surface area contributed by atoms with Crippen LogP contribution >= 0.6 is 11.3 Å². The number of aromatic nitrogens is 2. The molecule has 0 aliphatic heterocycles. The van der Waals surface area contributed by atoms with Gasteiger partial charge in [0.1, 0.15) is 5.82 Å². The van der Waals surface area contributed by atoms with E-state index in [0.29, 0.717) is 6.42 Å². The van der Waals surface area contributed by atoms with Gasteiger partial charge in [-0.3, -0.25) is 4.79 Å². The number of imidazole rings is 1. The van der Waals surface area contributed by atoms with Crippen LogP contribution in [0.15, 0.2) is 24.5 Å². The van der Waals surface area contributed by atoms with Crippen molar-refractivity contribution in [3.05, 3.63) is 40.1 Å². The predicted octanol–water partition coefficient (Wildman–Crippen LogP) is 3.09. The third-order valence-corrected chi connectivity index (χ3v) is 3.64. The molecule has 2 aromatic heterocycles. The van der Waals surface area contributed by atoms with Crippen molar-refractivity contribution in [2.75, 3.05) is 0 Å². The number of rotatable bonds is 5. The number of ketones is 1. The molecule has 0 aliphatic rings. The first kappa shape index (κ1) is 12.0. The Kier molecular flexibility index (Phi) is 3.74. The zero-order valence-electron chi connectivity index (χ0n) is 10.1. The minimum absolute atomic E-state index is 0.159. The molecule has 0 amide bonds. The summed E-state index contributed by atoms with van der Waals surface area (Å²) in [5, 5.41) is 0. The second kappa shape index (κ2) is 5.27. The molecule has 0 radical (unpaired) electrons. The summed E-state index contributed by atoms with van der Waals surface area (Å²) in [6.45, 7) is 5.06. The van der Waals surface area contributed by atoms with Gasteiger partial charge in [0.25, 0.3) is 0 Å². The highest BCUT2D eigenvalue weighted by atomic mass is 32.1. The summed E-state index contributed by atoms with van der Waals surface area (Å²) in [6, 6.07) is 3.88. The molecule has 2 heterocycles. The SMILES string of the molecule is CCCn1ccnc1CC(=O)c1ccc(C)s1. The van der Waals surface area contributed by atoms with Crippen molar-refractivity contribution in [2.24, 2.45) is 0 Å². The average Bonchev–Trinajstić information content (AvgIpc) is 2.89. The maximum atomic E-state index is 12.0. The molecule has 3 nitrogen and oxygen atoms in total. The summed E-state index contributed by atoms with van der Waals surface area (Å²) in [4.78, 5) is 18.3. The van der Waals surface area contributed by atoms with E-state index in [1.54, 1.807) is 17.5 Å². The summed E-state index contributed by atoms with van der Waals surface area (Å²) >= 11 is 1.55. The molecule has 2 rings (SSSR count). The third kappa shape index (κ3) is 2.82. The van der Waals surface area contributed by atoms with Crippen molar-refractivity contribution < 1.29 is 4.79 Å². The van der Waals surface area contributed by atoms with Gasteiger partial charge in [0.15, 0.2) is 5.78 Å². The van der Waals surface area contributed by atoms with Crippen LogP contribution in [0.25, 0.3) is 0 Å². The standard InChI is InChI=1S/C13H16N2OS/c1-3-7-15-8-6-14-13(15)9-11(16)12-5-4-10(2)17-12/h4-6,8H,3,7,9H2,1-2H3. The number of carbonyl (C=O) groups is 1. The number of Topliss-reactive ketones (excluding diaryl/α,β-unsaturated/α-hetero) is 1. The van der Waals surface area contributed by atoms with E-state index in [1.807, 2.05) is 25.3 Å². The molecule has 0 atom stereocenters. The Hall–Kier alpha value is -1.42. The number of thiophene rings is 1. The fourth-order valence-electron chi connectivity index (χ4n) is 1.77. The van der Waals surface area contributed by atoms with Gasteiger partial charge >= 0.3 is 0 Å². The second-order valence-electron chi connectivity index (χ2n) is 4.05. The van der Waals surface area contributed by atoms with E-state index >= 15 is 0 Å². The van der Waals surface area contributed by atoms with E-state index in [2.05, 4.69) is 16.5 Å². The molecular weight excluding hydrogens is 232 g/mol. The fraction of sp³-hybridized carbons (Fsp3) is 0.385. The maximum Gasteiger partial charge on any atom is 0.180 e.